The van der Waals surface area contributed by atoms with E-state index in [9.17, 15) is 0 Å². The third kappa shape index (κ3) is 4.89. The molecule has 1 saturated heterocycles. The number of likely N-dealkylation sites (tertiary alicyclic amines) is 1. The highest BCUT2D eigenvalue weighted by Crippen LogP contribution is 2.25. The topological polar surface area (TPSA) is 29.3 Å². The molecule has 0 aromatic heterocycles. The summed E-state index contributed by atoms with van der Waals surface area (Å²) in [6.45, 7) is 11.8. The molecule has 0 bridgehead atoms. The molecule has 2 N–H and O–H groups in total. The lowest BCUT2D eigenvalue weighted by Crippen LogP contribution is -2.56. The van der Waals surface area contributed by atoms with Crippen LogP contribution in [0, 0.1) is 5.92 Å². The first kappa shape index (κ1) is 16.0. The molecule has 1 heterocycles. The van der Waals surface area contributed by atoms with Gasteiger partial charge in [-0.2, -0.15) is 0 Å². The molecule has 0 radical (unpaired) electrons. The molecule has 0 aliphatic carbocycles. The fraction of sp³-hybridized carbons (Fsp3) is 1.00. The molecule has 1 aliphatic rings. The maximum atomic E-state index is 6.48. The van der Waals surface area contributed by atoms with Gasteiger partial charge in [0.05, 0.1) is 0 Å². The SMILES string of the molecule is CC(C)CCCC(N)C(C)(C)N1CCCCCC1. The van der Waals surface area contributed by atoms with Crippen molar-refractivity contribution < 1.29 is 0 Å². The van der Waals surface area contributed by atoms with Crippen molar-refractivity contribution in [2.45, 2.75) is 84.2 Å². The predicted molar refractivity (Wildman–Crippen MR) is 80.8 cm³/mol. The molecule has 0 spiro atoms. The Balaban J connectivity index is 2.43. The highest BCUT2D eigenvalue weighted by Gasteiger charge is 2.32. The molecule has 2 nitrogen and oxygen atoms in total. The number of hydrogen-bond acceptors (Lipinski definition) is 2. The molecule has 1 aliphatic heterocycles. The number of hydrogen-bond donors (Lipinski definition) is 1. The van der Waals surface area contributed by atoms with Crippen molar-refractivity contribution in [2.24, 2.45) is 11.7 Å². The minimum Gasteiger partial charge on any atom is -0.326 e. The third-order valence-electron chi connectivity index (χ3n) is 4.63. The van der Waals surface area contributed by atoms with Crippen LogP contribution in [0.3, 0.4) is 0 Å². The Morgan fingerprint density at radius 1 is 1.00 bits per heavy atom. The molecule has 1 rings (SSSR count). The van der Waals surface area contributed by atoms with Crippen LogP contribution in [0.2, 0.25) is 0 Å². The third-order valence-corrected chi connectivity index (χ3v) is 4.63. The van der Waals surface area contributed by atoms with Gasteiger partial charge in [0.15, 0.2) is 0 Å². The molecule has 108 valence electrons. The molecule has 0 amide bonds. The van der Waals surface area contributed by atoms with Gasteiger partial charge in [-0.05, 0) is 52.1 Å². The smallest absolute Gasteiger partial charge is 0.0304 e. The van der Waals surface area contributed by atoms with E-state index in [4.69, 9.17) is 5.73 Å². The van der Waals surface area contributed by atoms with E-state index in [1.165, 1.54) is 58.0 Å². The van der Waals surface area contributed by atoms with Gasteiger partial charge in [-0.1, -0.05) is 39.5 Å². The van der Waals surface area contributed by atoms with E-state index >= 15 is 0 Å². The Morgan fingerprint density at radius 3 is 2.06 bits per heavy atom. The van der Waals surface area contributed by atoms with Crippen molar-refractivity contribution >= 4 is 0 Å². The van der Waals surface area contributed by atoms with Gasteiger partial charge in [-0.25, -0.2) is 0 Å². The summed E-state index contributed by atoms with van der Waals surface area (Å²) in [5.41, 5.74) is 6.65. The maximum Gasteiger partial charge on any atom is 0.0304 e. The Bertz CT molecular complexity index is 215. The van der Waals surface area contributed by atoms with Gasteiger partial charge >= 0.3 is 0 Å². The largest absolute Gasteiger partial charge is 0.326 e. The van der Waals surface area contributed by atoms with Gasteiger partial charge in [0, 0.05) is 11.6 Å². The van der Waals surface area contributed by atoms with E-state index < -0.39 is 0 Å². The van der Waals surface area contributed by atoms with Crippen LogP contribution < -0.4 is 5.73 Å². The minimum atomic E-state index is 0.168. The average molecular weight is 254 g/mol. The predicted octanol–water partition coefficient (Wildman–Crippen LogP) is 3.79. The number of nitrogens with two attached hydrogens (primary N) is 1. The summed E-state index contributed by atoms with van der Waals surface area (Å²) < 4.78 is 0. The van der Waals surface area contributed by atoms with Crippen molar-refractivity contribution in [2.75, 3.05) is 13.1 Å². The standard InChI is InChI=1S/C16H34N2/c1-14(2)10-9-11-15(17)16(3,4)18-12-7-5-6-8-13-18/h14-15H,5-13,17H2,1-4H3. The van der Waals surface area contributed by atoms with Gasteiger partial charge in [-0.15, -0.1) is 0 Å². The molecule has 1 fully saturated rings. The first-order valence-electron chi connectivity index (χ1n) is 7.95. The second-order valence-electron chi connectivity index (χ2n) is 6.99. The summed E-state index contributed by atoms with van der Waals surface area (Å²) in [7, 11) is 0. The van der Waals surface area contributed by atoms with E-state index in [2.05, 4.69) is 32.6 Å². The fourth-order valence-electron chi connectivity index (χ4n) is 2.98. The summed E-state index contributed by atoms with van der Waals surface area (Å²) in [6, 6.07) is 0.314. The van der Waals surface area contributed by atoms with Gasteiger partial charge in [0.1, 0.15) is 0 Å². The number of rotatable bonds is 6. The Labute approximate surface area is 114 Å². The van der Waals surface area contributed by atoms with Crippen LogP contribution in [0.15, 0.2) is 0 Å². The van der Waals surface area contributed by atoms with Crippen LogP contribution in [0.4, 0.5) is 0 Å². The van der Waals surface area contributed by atoms with Crippen LogP contribution in [0.5, 0.6) is 0 Å². The Morgan fingerprint density at radius 2 is 1.56 bits per heavy atom. The quantitative estimate of drug-likeness (QED) is 0.781. The monoisotopic (exact) mass is 254 g/mol. The van der Waals surface area contributed by atoms with E-state index in [0.29, 0.717) is 6.04 Å². The van der Waals surface area contributed by atoms with Crippen LogP contribution in [-0.2, 0) is 0 Å². The van der Waals surface area contributed by atoms with Crippen molar-refractivity contribution in [3.63, 3.8) is 0 Å². The van der Waals surface area contributed by atoms with E-state index in [1.54, 1.807) is 0 Å². The van der Waals surface area contributed by atoms with Crippen molar-refractivity contribution in [3.05, 3.63) is 0 Å². The second-order valence-corrected chi connectivity index (χ2v) is 6.99. The van der Waals surface area contributed by atoms with Crippen molar-refractivity contribution in [1.82, 2.24) is 4.90 Å². The fourth-order valence-corrected chi connectivity index (χ4v) is 2.98. The molecular formula is C16H34N2. The molecule has 18 heavy (non-hydrogen) atoms. The van der Waals surface area contributed by atoms with Crippen molar-refractivity contribution in [3.8, 4) is 0 Å². The summed E-state index contributed by atoms with van der Waals surface area (Å²) in [4.78, 5) is 2.64. The molecule has 1 unspecified atom stereocenters. The van der Waals surface area contributed by atoms with Gasteiger partial charge in [-0.3, -0.25) is 4.90 Å². The normalized spacial score (nSPS) is 21.0. The maximum absolute atomic E-state index is 6.48. The first-order valence-corrected chi connectivity index (χ1v) is 7.95. The zero-order valence-corrected chi connectivity index (χ0v) is 13.0. The molecule has 0 aromatic rings. The van der Waals surface area contributed by atoms with E-state index in [-0.39, 0.29) is 5.54 Å². The van der Waals surface area contributed by atoms with Crippen molar-refractivity contribution in [1.29, 1.82) is 0 Å². The minimum absolute atomic E-state index is 0.168. The molecular weight excluding hydrogens is 220 g/mol. The lowest BCUT2D eigenvalue weighted by Gasteiger charge is -2.42. The number of nitrogens with zero attached hydrogens (tertiary/aromatic N) is 1. The molecule has 1 atom stereocenters. The summed E-state index contributed by atoms with van der Waals surface area (Å²) >= 11 is 0. The highest BCUT2D eigenvalue weighted by atomic mass is 15.2. The first-order chi connectivity index (χ1) is 8.44. The van der Waals surface area contributed by atoms with Crippen LogP contribution in [0.25, 0.3) is 0 Å². The van der Waals surface area contributed by atoms with E-state index in [0.717, 1.165) is 5.92 Å². The molecule has 0 saturated carbocycles. The second kappa shape index (κ2) is 7.49. The van der Waals surface area contributed by atoms with Crippen LogP contribution in [-0.4, -0.2) is 29.6 Å². The van der Waals surface area contributed by atoms with Gasteiger partial charge in [0.2, 0.25) is 0 Å². The highest BCUT2D eigenvalue weighted by molar-refractivity contribution is 4.92. The summed E-state index contributed by atoms with van der Waals surface area (Å²) in [5.74, 6) is 0.804. The molecule has 2 heteroatoms. The summed E-state index contributed by atoms with van der Waals surface area (Å²) in [5, 5.41) is 0. The average Bonchev–Trinajstić information content (AvgIpc) is 2.57. The lowest BCUT2D eigenvalue weighted by atomic mass is 9.88. The molecule has 0 aromatic carbocycles. The Kier molecular flexibility index (Phi) is 6.65. The summed E-state index contributed by atoms with van der Waals surface area (Å²) in [6.07, 6.45) is 9.25. The zero-order valence-electron chi connectivity index (χ0n) is 13.0. The van der Waals surface area contributed by atoms with Gasteiger partial charge in [0.25, 0.3) is 0 Å². The zero-order chi connectivity index (χ0) is 13.6. The van der Waals surface area contributed by atoms with E-state index in [1.807, 2.05) is 0 Å². The van der Waals surface area contributed by atoms with Crippen LogP contribution >= 0.6 is 0 Å². The van der Waals surface area contributed by atoms with Gasteiger partial charge < -0.3 is 5.73 Å². The van der Waals surface area contributed by atoms with Crippen LogP contribution in [0.1, 0.15) is 72.6 Å². The Hall–Kier alpha value is -0.0800. The lowest BCUT2D eigenvalue weighted by molar-refractivity contribution is 0.0935.